The number of alkyl halides is 1. The second-order valence-electron chi connectivity index (χ2n) is 2.34. The van der Waals surface area contributed by atoms with E-state index < -0.39 is 0 Å². The third-order valence-electron chi connectivity index (χ3n) is 1.44. The molecule has 1 unspecified atom stereocenters. The molecule has 64 valence electrons. The van der Waals surface area contributed by atoms with Crippen molar-refractivity contribution in [2.75, 3.05) is 0 Å². The Hall–Kier alpha value is -0.410. The van der Waals surface area contributed by atoms with Gasteiger partial charge in [0.1, 0.15) is 5.75 Å². The number of allylic oxidation sites excluding steroid dienone is 1. The molecule has 0 aromatic heterocycles. The van der Waals surface area contributed by atoms with Gasteiger partial charge in [-0.15, -0.1) is 0 Å². The second-order valence-corrected chi connectivity index (χ2v) is 3.62. The van der Waals surface area contributed by atoms with E-state index in [1.165, 1.54) is 0 Å². The second kappa shape index (κ2) is 4.58. The van der Waals surface area contributed by atoms with Crippen LogP contribution in [0.25, 0.3) is 0 Å². The normalized spacial score (nSPS) is 13.5. The lowest BCUT2D eigenvalue weighted by molar-refractivity contribution is 0.474. The van der Waals surface area contributed by atoms with Crippen molar-refractivity contribution < 1.29 is 5.11 Å². The predicted molar refractivity (Wildman–Crippen MR) is 57.9 cm³/mol. The molecule has 3 heteroatoms. The highest BCUT2D eigenvalue weighted by Gasteiger charge is 2.02. The number of aromatic hydroxyl groups is 1. The van der Waals surface area contributed by atoms with Crippen molar-refractivity contribution in [2.45, 2.75) is 4.83 Å². The average Bonchev–Trinajstić information content (AvgIpc) is 2.05. The summed E-state index contributed by atoms with van der Waals surface area (Å²) in [4.78, 5) is 0.113. The predicted octanol–water partition coefficient (Wildman–Crippen LogP) is 3.27. The van der Waals surface area contributed by atoms with Gasteiger partial charge in [0.05, 0.1) is 4.83 Å². The van der Waals surface area contributed by atoms with E-state index in [9.17, 15) is 0 Å². The van der Waals surface area contributed by atoms with Crippen LogP contribution >= 0.6 is 28.6 Å². The summed E-state index contributed by atoms with van der Waals surface area (Å²) in [6.45, 7) is 0. The van der Waals surface area contributed by atoms with Gasteiger partial charge in [-0.3, -0.25) is 0 Å². The van der Waals surface area contributed by atoms with Gasteiger partial charge in [0.2, 0.25) is 0 Å². The van der Waals surface area contributed by atoms with Gasteiger partial charge < -0.3 is 5.11 Å². The van der Waals surface area contributed by atoms with Crippen molar-refractivity contribution in [2.24, 2.45) is 0 Å². The number of halogens is 1. The van der Waals surface area contributed by atoms with Crippen LogP contribution in [-0.2, 0) is 0 Å². The summed E-state index contributed by atoms with van der Waals surface area (Å²) in [5.41, 5.74) is 1.01. The Morgan fingerprint density at radius 2 is 2.25 bits per heavy atom. The highest BCUT2D eigenvalue weighted by atomic mass is 79.9. The maximum absolute atomic E-state index is 9.17. The maximum atomic E-state index is 9.17. The van der Waals surface area contributed by atoms with Crippen LogP contribution in [0.2, 0.25) is 0 Å². The molecule has 0 aliphatic carbocycles. The first kappa shape index (κ1) is 9.68. The molecular weight excluding hydrogens is 236 g/mol. The molecule has 0 saturated carbocycles. The minimum atomic E-state index is 0.113. The lowest BCUT2D eigenvalue weighted by atomic mass is 10.1. The van der Waals surface area contributed by atoms with Gasteiger partial charge in [-0.1, -0.05) is 34.1 Å². The Morgan fingerprint density at radius 3 is 2.83 bits per heavy atom. The Balaban J connectivity index is 2.87. The van der Waals surface area contributed by atoms with Crippen LogP contribution in [0.3, 0.4) is 0 Å². The SMILES string of the molecule is Oc1cccc(C(Br)C=CS)c1. The summed E-state index contributed by atoms with van der Waals surface area (Å²) in [7, 11) is 0. The van der Waals surface area contributed by atoms with Gasteiger partial charge in [0.15, 0.2) is 0 Å². The number of benzene rings is 1. The Labute approximate surface area is 85.7 Å². The molecule has 0 amide bonds. The van der Waals surface area contributed by atoms with Gasteiger partial charge in [-0.05, 0) is 23.1 Å². The van der Waals surface area contributed by atoms with E-state index in [0.29, 0.717) is 0 Å². The van der Waals surface area contributed by atoms with E-state index >= 15 is 0 Å². The molecule has 0 radical (unpaired) electrons. The number of phenolic OH excluding ortho intramolecular Hbond substituents is 1. The van der Waals surface area contributed by atoms with Crippen molar-refractivity contribution in [1.82, 2.24) is 0 Å². The molecule has 0 fully saturated rings. The van der Waals surface area contributed by atoms with Crippen molar-refractivity contribution >= 4 is 28.6 Å². The number of rotatable bonds is 2. The molecular formula is C9H9BrOS. The van der Waals surface area contributed by atoms with Gasteiger partial charge in [0.25, 0.3) is 0 Å². The smallest absolute Gasteiger partial charge is 0.115 e. The Kier molecular flexibility index (Phi) is 3.69. The van der Waals surface area contributed by atoms with Gasteiger partial charge >= 0.3 is 0 Å². The third kappa shape index (κ3) is 2.57. The Morgan fingerprint density at radius 1 is 1.50 bits per heavy atom. The number of phenols is 1. The van der Waals surface area contributed by atoms with Crippen molar-refractivity contribution in [3.63, 3.8) is 0 Å². The van der Waals surface area contributed by atoms with Crippen molar-refractivity contribution in [3.05, 3.63) is 41.3 Å². The number of hydrogen-bond acceptors (Lipinski definition) is 2. The quantitative estimate of drug-likeness (QED) is 0.605. The fraction of sp³-hybridized carbons (Fsp3) is 0.111. The first-order valence-corrected chi connectivity index (χ1v) is 4.91. The first-order valence-electron chi connectivity index (χ1n) is 3.48. The van der Waals surface area contributed by atoms with Crippen LogP contribution in [0.1, 0.15) is 10.4 Å². The van der Waals surface area contributed by atoms with Crippen LogP contribution in [0.15, 0.2) is 35.7 Å². The summed E-state index contributed by atoms with van der Waals surface area (Å²) in [6.07, 6.45) is 1.89. The largest absolute Gasteiger partial charge is 0.508 e. The minimum Gasteiger partial charge on any atom is -0.508 e. The summed E-state index contributed by atoms with van der Waals surface area (Å²) >= 11 is 7.40. The van der Waals surface area contributed by atoms with Gasteiger partial charge in [0, 0.05) is 0 Å². The molecule has 1 nitrogen and oxygen atoms in total. The molecule has 0 spiro atoms. The topological polar surface area (TPSA) is 20.2 Å². The lowest BCUT2D eigenvalue weighted by Gasteiger charge is -2.04. The molecule has 1 aromatic rings. The van der Waals surface area contributed by atoms with Crippen LogP contribution in [0.4, 0.5) is 0 Å². The zero-order valence-electron chi connectivity index (χ0n) is 6.31. The van der Waals surface area contributed by atoms with E-state index in [2.05, 4.69) is 28.6 Å². The average molecular weight is 245 g/mol. The van der Waals surface area contributed by atoms with Crippen LogP contribution in [0.5, 0.6) is 5.75 Å². The summed E-state index contributed by atoms with van der Waals surface area (Å²) in [6, 6.07) is 7.11. The van der Waals surface area contributed by atoms with E-state index in [4.69, 9.17) is 5.11 Å². The van der Waals surface area contributed by atoms with E-state index in [0.717, 1.165) is 5.56 Å². The molecule has 0 heterocycles. The molecule has 1 aromatic carbocycles. The Bertz CT molecular complexity index is 286. The zero-order chi connectivity index (χ0) is 8.97. The zero-order valence-corrected chi connectivity index (χ0v) is 8.79. The fourth-order valence-corrected chi connectivity index (χ4v) is 1.73. The van der Waals surface area contributed by atoms with E-state index in [1.54, 1.807) is 17.5 Å². The summed E-state index contributed by atoms with van der Waals surface area (Å²) in [5.74, 6) is 0.282. The van der Waals surface area contributed by atoms with Crippen LogP contribution < -0.4 is 0 Å². The molecule has 1 atom stereocenters. The molecule has 0 bridgehead atoms. The molecule has 12 heavy (non-hydrogen) atoms. The lowest BCUT2D eigenvalue weighted by Crippen LogP contribution is -1.83. The fourth-order valence-electron chi connectivity index (χ4n) is 0.883. The summed E-state index contributed by atoms with van der Waals surface area (Å²) < 4.78 is 0. The van der Waals surface area contributed by atoms with Crippen molar-refractivity contribution in [1.29, 1.82) is 0 Å². The van der Waals surface area contributed by atoms with Crippen LogP contribution in [0, 0.1) is 0 Å². The summed E-state index contributed by atoms with van der Waals surface area (Å²) in [5, 5.41) is 10.8. The molecule has 1 rings (SSSR count). The maximum Gasteiger partial charge on any atom is 0.115 e. The first-order chi connectivity index (χ1) is 5.74. The molecule has 0 aliphatic heterocycles. The van der Waals surface area contributed by atoms with Crippen LogP contribution in [-0.4, -0.2) is 5.11 Å². The van der Waals surface area contributed by atoms with Crippen molar-refractivity contribution in [3.8, 4) is 5.75 Å². The van der Waals surface area contributed by atoms with Gasteiger partial charge in [-0.2, -0.15) is 12.6 Å². The van der Waals surface area contributed by atoms with E-state index in [1.807, 2.05) is 18.2 Å². The van der Waals surface area contributed by atoms with Gasteiger partial charge in [-0.25, -0.2) is 0 Å². The number of hydrogen-bond donors (Lipinski definition) is 2. The monoisotopic (exact) mass is 244 g/mol. The third-order valence-corrected chi connectivity index (χ3v) is 2.45. The standard InChI is InChI=1S/C9H9BrOS/c10-9(4-5-12)7-2-1-3-8(11)6-7/h1-6,9,11-12H. The minimum absolute atomic E-state index is 0.113. The molecule has 0 saturated heterocycles. The molecule has 1 N–H and O–H groups in total. The highest BCUT2D eigenvalue weighted by Crippen LogP contribution is 2.26. The molecule has 0 aliphatic rings. The number of thiol groups is 1. The highest BCUT2D eigenvalue weighted by molar-refractivity contribution is 9.09. The van der Waals surface area contributed by atoms with E-state index in [-0.39, 0.29) is 10.6 Å².